The molecule has 0 saturated carbocycles. The molecule has 0 heterocycles. The Morgan fingerprint density at radius 2 is 1.23 bits per heavy atom. The molecule has 2 aromatic carbocycles. The molecular weight excluding hydrogens is 264 g/mol. The first-order valence-electron chi connectivity index (χ1n) is 8.19. The van der Waals surface area contributed by atoms with Crippen molar-refractivity contribution in [1.29, 1.82) is 0 Å². The van der Waals surface area contributed by atoms with Crippen LogP contribution >= 0.6 is 0 Å². The Morgan fingerprint density at radius 3 is 1.64 bits per heavy atom. The fourth-order valence-electron chi connectivity index (χ4n) is 3.03. The summed E-state index contributed by atoms with van der Waals surface area (Å²) in [5.74, 6) is 0. The van der Waals surface area contributed by atoms with Gasteiger partial charge in [0.05, 0.1) is 0 Å². The van der Waals surface area contributed by atoms with Gasteiger partial charge in [0.25, 0.3) is 0 Å². The second-order valence-corrected chi connectivity index (χ2v) is 8.15. The standard InChI is InChI=1S/C15H24.C7H8/c1-12-8-7-9-13(10-12)15(5,6)11-14(2,3)4;1-7-5-3-2-4-6-7/h7-10H,11H2,1-6H3;2-6H,1H3. The highest BCUT2D eigenvalue weighted by atomic mass is 14.3. The molecule has 0 aliphatic rings. The molecule has 0 aromatic heterocycles. The lowest BCUT2D eigenvalue weighted by Gasteiger charge is -2.33. The van der Waals surface area contributed by atoms with Gasteiger partial charge in [-0.25, -0.2) is 0 Å². The molecule has 0 unspecified atom stereocenters. The molecule has 2 rings (SSSR count). The van der Waals surface area contributed by atoms with Gasteiger partial charge in [-0.05, 0) is 36.7 Å². The van der Waals surface area contributed by atoms with Crippen molar-refractivity contribution in [1.82, 2.24) is 0 Å². The highest BCUT2D eigenvalue weighted by molar-refractivity contribution is 5.28. The van der Waals surface area contributed by atoms with E-state index in [0.29, 0.717) is 5.41 Å². The van der Waals surface area contributed by atoms with E-state index in [1.807, 2.05) is 18.2 Å². The van der Waals surface area contributed by atoms with E-state index in [1.54, 1.807) is 0 Å². The summed E-state index contributed by atoms with van der Waals surface area (Å²) in [5, 5.41) is 0. The number of hydrogen-bond acceptors (Lipinski definition) is 0. The monoisotopic (exact) mass is 296 g/mol. The zero-order chi connectivity index (χ0) is 16.8. The molecule has 0 heteroatoms. The van der Waals surface area contributed by atoms with Crippen LogP contribution in [0.1, 0.15) is 57.7 Å². The van der Waals surface area contributed by atoms with E-state index in [0.717, 1.165) is 0 Å². The predicted octanol–water partition coefficient (Wildman–Crippen LogP) is 6.70. The Morgan fingerprint density at radius 1 is 0.682 bits per heavy atom. The van der Waals surface area contributed by atoms with Crippen LogP contribution in [0.4, 0.5) is 0 Å². The Hall–Kier alpha value is -1.56. The minimum Gasteiger partial charge on any atom is -0.0622 e. The van der Waals surface area contributed by atoms with Gasteiger partial charge in [0, 0.05) is 0 Å². The first-order chi connectivity index (χ1) is 10.1. The Balaban J connectivity index is 0.000000287. The molecule has 0 aliphatic carbocycles. The van der Waals surface area contributed by atoms with Gasteiger partial charge >= 0.3 is 0 Å². The lowest BCUT2D eigenvalue weighted by Crippen LogP contribution is -2.24. The maximum Gasteiger partial charge on any atom is -0.00985 e. The molecule has 2 aromatic rings. The largest absolute Gasteiger partial charge is 0.0622 e. The van der Waals surface area contributed by atoms with Crippen LogP contribution in [0.5, 0.6) is 0 Å². The maximum atomic E-state index is 2.34. The molecule has 0 fully saturated rings. The van der Waals surface area contributed by atoms with E-state index in [-0.39, 0.29) is 5.41 Å². The van der Waals surface area contributed by atoms with E-state index in [9.17, 15) is 0 Å². The van der Waals surface area contributed by atoms with Gasteiger partial charge in [0.15, 0.2) is 0 Å². The average Bonchev–Trinajstić information content (AvgIpc) is 2.37. The smallest absolute Gasteiger partial charge is 0.00985 e. The number of benzene rings is 2. The normalized spacial score (nSPS) is 11.6. The van der Waals surface area contributed by atoms with Crippen molar-refractivity contribution in [2.75, 3.05) is 0 Å². The lowest BCUT2D eigenvalue weighted by atomic mass is 9.72. The first kappa shape index (κ1) is 18.5. The van der Waals surface area contributed by atoms with E-state index in [2.05, 4.69) is 84.9 Å². The van der Waals surface area contributed by atoms with Gasteiger partial charge < -0.3 is 0 Å². The van der Waals surface area contributed by atoms with Crippen LogP contribution in [-0.4, -0.2) is 0 Å². The lowest BCUT2D eigenvalue weighted by molar-refractivity contribution is 0.284. The molecular formula is C22H32. The highest BCUT2D eigenvalue weighted by Gasteiger charge is 2.26. The second kappa shape index (κ2) is 7.63. The number of aryl methyl sites for hydroxylation is 2. The summed E-state index contributed by atoms with van der Waals surface area (Å²) in [6, 6.07) is 19.1. The molecule has 0 radical (unpaired) electrons. The fraction of sp³-hybridized carbons (Fsp3) is 0.455. The predicted molar refractivity (Wildman–Crippen MR) is 99.5 cm³/mol. The van der Waals surface area contributed by atoms with Gasteiger partial charge in [0.1, 0.15) is 0 Å². The van der Waals surface area contributed by atoms with Crippen LogP contribution in [0.2, 0.25) is 0 Å². The minimum atomic E-state index is 0.268. The molecule has 0 aliphatic heterocycles. The third kappa shape index (κ3) is 6.93. The summed E-state index contributed by atoms with van der Waals surface area (Å²) in [7, 11) is 0. The van der Waals surface area contributed by atoms with Crippen LogP contribution in [0.15, 0.2) is 54.6 Å². The SMILES string of the molecule is Cc1cccc(C(C)(C)CC(C)(C)C)c1.Cc1ccccc1. The van der Waals surface area contributed by atoms with Crippen molar-refractivity contribution in [3.8, 4) is 0 Å². The van der Waals surface area contributed by atoms with Crippen LogP contribution in [0.25, 0.3) is 0 Å². The van der Waals surface area contributed by atoms with Crippen LogP contribution in [0.3, 0.4) is 0 Å². The molecule has 0 bridgehead atoms. The average molecular weight is 296 g/mol. The van der Waals surface area contributed by atoms with Crippen molar-refractivity contribution in [3.63, 3.8) is 0 Å². The Kier molecular flexibility index (Phi) is 6.41. The Labute approximate surface area is 137 Å². The van der Waals surface area contributed by atoms with Crippen molar-refractivity contribution < 1.29 is 0 Å². The Bertz CT molecular complexity index is 556. The molecule has 0 spiro atoms. The first-order valence-corrected chi connectivity index (χ1v) is 8.19. The summed E-state index contributed by atoms with van der Waals surface area (Å²) < 4.78 is 0. The molecule has 0 amide bonds. The van der Waals surface area contributed by atoms with Gasteiger partial charge in [0.2, 0.25) is 0 Å². The van der Waals surface area contributed by atoms with Crippen molar-refractivity contribution in [2.45, 2.75) is 60.3 Å². The van der Waals surface area contributed by atoms with E-state index >= 15 is 0 Å². The van der Waals surface area contributed by atoms with Gasteiger partial charge in [-0.3, -0.25) is 0 Å². The van der Waals surface area contributed by atoms with Gasteiger partial charge in [-0.2, -0.15) is 0 Å². The molecule has 0 nitrogen and oxygen atoms in total. The maximum absolute atomic E-state index is 2.34. The van der Waals surface area contributed by atoms with Crippen molar-refractivity contribution >= 4 is 0 Å². The molecule has 0 saturated heterocycles. The minimum absolute atomic E-state index is 0.268. The zero-order valence-corrected chi connectivity index (χ0v) is 15.4. The fourth-order valence-corrected chi connectivity index (χ4v) is 3.03. The molecule has 0 atom stereocenters. The van der Waals surface area contributed by atoms with E-state index in [4.69, 9.17) is 0 Å². The van der Waals surface area contributed by atoms with E-state index in [1.165, 1.54) is 23.1 Å². The van der Waals surface area contributed by atoms with Gasteiger partial charge in [-0.1, -0.05) is 100 Å². The zero-order valence-electron chi connectivity index (χ0n) is 15.4. The number of hydrogen-bond donors (Lipinski definition) is 0. The third-order valence-electron chi connectivity index (χ3n) is 3.71. The van der Waals surface area contributed by atoms with E-state index < -0.39 is 0 Å². The van der Waals surface area contributed by atoms with Crippen LogP contribution in [-0.2, 0) is 5.41 Å². The van der Waals surface area contributed by atoms with Crippen molar-refractivity contribution in [2.24, 2.45) is 5.41 Å². The molecule has 0 N–H and O–H groups in total. The molecule has 22 heavy (non-hydrogen) atoms. The van der Waals surface area contributed by atoms with Crippen LogP contribution in [0, 0.1) is 19.3 Å². The van der Waals surface area contributed by atoms with Crippen molar-refractivity contribution in [3.05, 3.63) is 71.3 Å². The quantitative estimate of drug-likeness (QED) is 0.578. The highest BCUT2D eigenvalue weighted by Crippen LogP contribution is 2.36. The summed E-state index contributed by atoms with van der Waals surface area (Å²) in [4.78, 5) is 0. The summed E-state index contributed by atoms with van der Waals surface area (Å²) in [5.41, 5.74) is 4.78. The third-order valence-corrected chi connectivity index (χ3v) is 3.71. The van der Waals surface area contributed by atoms with Gasteiger partial charge in [-0.15, -0.1) is 0 Å². The number of rotatable bonds is 2. The summed E-state index contributed by atoms with van der Waals surface area (Å²) in [6.45, 7) is 15.9. The topological polar surface area (TPSA) is 0 Å². The second-order valence-electron chi connectivity index (χ2n) is 8.15. The van der Waals surface area contributed by atoms with Crippen LogP contribution < -0.4 is 0 Å². The summed E-state index contributed by atoms with van der Waals surface area (Å²) >= 11 is 0. The summed E-state index contributed by atoms with van der Waals surface area (Å²) in [6.07, 6.45) is 1.21. The molecule has 120 valence electrons.